The van der Waals surface area contributed by atoms with Crippen LogP contribution in [0.1, 0.15) is 5.56 Å². The summed E-state index contributed by atoms with van der Waals surface area (Å²) >= 11 is 0. The van der Waals surface area contributed by atoms with Crippen LogP contribution in [0.15, 0.2) is 24.3 Å². The molecule has 5 nitrogen and oxygen atoms in total. The Kier molecular flexibility index (Phi) is 5.25. The highest BCUT2D eigenvalue weighted by Gasteiger charge is 2.30. The minimum Gasteiger partial charge on any atom is -0.491 e. The van der Waals surface area contributed by atoms with E-state index in [1.54, 1.807) is 0 Å². The van der Waals surface area contributed by atoms with E-state index in [0.29, 0.717) is 13.1 Å². The van der Waals surface area contributed by atoms with Crippen molar-refractivity contribution < 1.29 is 27.8 Å². The van der Waals surface area contributed by atoms with Gasteiger partial charge in [0.25, 0.3) is 0 Å². The van der Waals surface area contributed by atoms with Gasteiger partial charge in [0.15, 0.2) is 0 Å². The van der Waals surface area contributed by atoms with Gasteiger partial charge in [-0.05, 0) is 18.2 Å². The summed E-state index contributed by atoms with van der Waals surface area (Å²) in [5.74, 6) is -0.225. The molecule has 1 fully saturated rings. The van der Waals surface area contributed by atoms with Crippen LogP contribution in [0, 0.1) is 5.92 Å². The van der Waals surface area contributed by atoms with Crippen molar-refractivity contribution in [3.63, 3.8) is 0 Å². The average Bonchev–Trinajstić information content (AvgIpc) is 2.40. The van der Waals surface area contributed by atoms with Gasteiger partial charge in [0.05, 0.1) is 11.5 Å². The maximum absolute atomic E-state index is 12.5. The Morgan fingerprint density at radius 1 is 1.45 bits per heavy atom. The molecule has 1 aromatic rings. The molecule has 1 amide bonds. The fourth-order valence-electron chi connectivity index (χ4n) is 1.85. The van der Waals surface area contributed by atoms with Crippen LogP contribution < -0.4 is 15.4 Å². The highest BCUT2D eigenvalue weighted by Crippen LogP contribution is 2.31. The van der Waals surface area contributed by atoms with Crippen molar-refractivity contribution in [2.24, 2.45) is 5.92 Å². The largest absolute Gasteiger partial charge is 0.491 e. The third-order valence-electron chi connectivity index (χ3n) is 3.27. The first-order valence-electron chi connectivity index (χ1n) is 6.83. The molecule has 1 aliphatic heterocycles. The predicted molar refractivity (Wildman–Crippen MR) is 72.3 cm³/mol. The highest BCUT2D eigenvalue weighted by atomic mass is 19.4. The summed E-state index contributed by atoms with van der Waals surface area (Å²) in [5, 5.41) is 15.2. The van der Waals surface area contributed by atoms with Gasteiger partial charge in [0.2, 0.25) is 5.91 Å². The number of benzene rings is 1. The molecule has 1 heterocycles. The van der Waals surface area contributed by atoms with E-state index in [-0.39, 0.29) is 30.7 Å². The Balaban J connectivity index is 1.76. The number of nitrogens with one attached hydrogen (secondary N) is 2. The second-order valence-electron chi connectivity index (χ2n) is 5.09. The fraction of sp³-hybridized carbons (Fsp3) is 0.500. The maximum atomic E-state index is 12.5. The Bertz CT molecular complexity index is 518. The molecular weight excluding hydrogens is 301 g/mol. The smallest absolute Gasteiger partial charge is 0.416 e. The summed E-state index contributed by atoms with van der Waals surface area (Å²) in [6.07, 6.45) is -5.44. The van der Waals surface area contributed by atoms with Crippen molar-refractivity contribution in [3.8, 4) is 5.75 Å². The quantitative estimate of drug-likeness (QED) is 0.725. The lowest BCUT2D eigenvalue weighted by Gasteiger charge is -2.26. The van der Waals surface area contributed by atoms with Crippen molar-refractivity contribution in [3.05, 3.63) is 29.8 Å². The number of aliphatic hydroxyl groups is 1. The number of ether oxygens (including phenoxy) is 1. The number of aliphatic hydroxyl groups excluding tert-OH is 1. The Labute approximate surface area is 125 Å². The van der Waals surface area contributed by atoms with Crippen molar-refractivity contribution in [2.75, 3.05) is 26.2 Å². The van der Waals surface area contributed by atoms with Crippen LogP contribution in [0.5, 0.6) is 5.75 Å². The van der Waals surface area contributed by atoms with Crippen LogP contribution in [0.3, 0.4) is 0 Å². The Hall–Kier alpha value is -1.80. The number of hydrogen-bond donors (Lipinski definition) is 3. The zero-order valence-corrected chi connectivity index (χ0v) is 11.7. The number of hydrogen-bond acceptors (Lipinski definition) is 4. The monoisotopic (exact) mass is 318 g/mol. The fourth-order valence-corrected chi connectivity index (χ4v) is 1.85. The van der Waals surface area contributed by atoms with Crippen LogP contribution in [-0.2, 0) is 11.0 Å². The second kappa shape index (κ2) is 6.97. The number of alkyl halides is 3. The minimum absolute atomic E-state index is 0.00566. The molecule has 1 unspecified atom stereocenters. The molecule has 8 heteroatoms. The van der Waals surface area contributed by atoms with Crippen molar-refractivity contribution in [2.45, 2.75) is 12.3 Å². The molecule has 1 atom stereocenters. The summed E-state index contributed by atoms with van der Waals surface area (Å²) in [5.41, 5.74) is -0.815. The molecular formula is C14H17F3N2O3. The van der Waals surface area contributed by atoms with E-state index in [0.717, 1.165) is 12.1 Å². The number of amides is 1. The third kappa shape index (κ3) is 4.60. The van der Waals surface area contributed by atoms with Gasteiger partial charge in [0.1, 0.15) is 18.5 Å². The summed E-state index contributed by atoms with van der Waals surface area (Å²) in [6.45, 7) is 1.02. The normalized spacial score (nSPS) is 16.7. The highest BCUT2D eigenvalue weighted by molar-refractivity contribution is 5.80. The van der Waals surface area contributed by atoms with Gasteiger partial charge in [-0.1, -0.05) is 6.07 Å². The van der Waals surface area contributed by atoms with Crippen molar-refractivity contribution in [1.82, 2.24) is 10.6 Å². The molecule has 3 N–H and O–H groups in total. The molecule has 0 aliphatic carbocycles. The molecule has 22 heavy (non-hydrogen) atoms. The molecule has 0 spiro atoms. The lowest BCUT2D eigenvalue weighted by Crippen LogP contribution is -2.52. The number of rotatable bonds is 6. The number of carbonyl (C=O) groups excluding carboxylic acids is 1. The first-order chi connectivity index (χ1) is 10.4. The van der Waals surface area contributed by atoms with Crippen LogP contribution in [-0.4, -0.2) is 43.4 Å². The van der Waals surface area contributed by atoms with Gasteiger partial charge in [-0.25, -0.2) is 0 Å². The van der Waals surface area contributed by atoms with E-state index < -0.39 is 17.8 Å². The summed E-state index contributed by atoms with van der Waals surface area (Å²) in [6, 6.07) is 4.41. The van der Waals surface area contributed by atoms with E-state index >= 15 is 0 Å². The van der Waals surface area contributed by atoms with E-state index in [1.807, 2.05) is 0 Å². The number of carbonyl (C=O) groups is 1. The van der Waals surface area contributed by atoms with Crippen LogP contribution >= 0.6 is 0 Å². The SMILES string of the molecule is O=C(NCC(O)COc1cccc(C(F)(F)F)c1)C1CNC1. The lowest BCUT2D eigenvalue weighted by atomic mass is 10.0. The molecule has 122 valence electrons. The zero-order valence-electron chi connectivity index (χ0n) is 11.7. The molecule has 1 aromatic carbocycles. The van der Waals surface area contributed by atoms with E-state index in [2.05, 4.69) is 10.6 Å². The van der Waals surface area contributed by atoms with Crippen molar-refractivity contribution >= 4 is 5.91 Å². The zero-order chi connectivity index (χ0) is 16.2. The summed E-state index contributed by atoms with van der Waals surface area (Å²) in [7, 11) is 0. The topological polar surface area (TPSA) is 70.6 Å². The van der Waals surface area contributed by atoms with Gasteiger partial charge in [-0.3, -0.25) is 4.79 Å². The van der Waals surface area contributed by atoms with Crippen molar-refractivity contribution in [1.29, 1.82) is 0 Å². The molecule has 0 aromatic heterocycles. The average molecular weight is 318 g/mol. The van der Waals surface area contributed by atoms with Gasteiger partial charge < -0.3 is 20.5 Å². The van der Waals surface area contributed by atoms with E-state index in [1.165, 1.54) is 12.1 Å². The van der Waals surface area contributed by atoms with Gasteiger partial charge >= 0.3 is 6.18 Å². The third-order valence-corrected chi connectivity index (χ3v) is 3.27. The molecule has 0 radical (unpaired) electrons. The Morgan fingerprint density at radius 3 is 2.77 bits per heavy atom. The molecule has 0 saturated carbocycles. The summed E-state index contributed by atoms with van der Waals surface area (Å²) < 4.78 is 42.7. The second-order valence-corrected chi connectivity index (χ2v) is 5.09. The van der Waals surface area contributed by atoms with Gasteiger partial charge in [0, 0.05) is 19.6 Å². The number of halogens is 3. The van der Waals surface area contributed by atoms with E-state index in [4.69, 9.17) is 4.74 Å². The van der Waals surface area contributed by atoms with Gasteiger partial charge in [-0.15, -0.1) is 0 Å². The molecule has 1 aliphatic rings. The maximum Gasteiger partial charge on any atom is 0.416 e. The van der Waals surface area contributed by atoms with Gasteiger partial charge in [-0.2, -0.15) is 13.2 Å². The lowest BCUT2D eigenvalue weighted by molar-refractivity contribution is -0.137. The van der Waals surface area contributed by atoms with E-state index in [9.17, 15) is 23.1 Å². The molecule has 2 rings (SSSR count). The molecule has 0 bridgehead atoms. The first-order valence-corrected chi connectivity index (χ1v) is 6.83. The summed E-state index contributed by atoms with van der Waals surface area (Å²) in [4.78, 5) is 11.5. The Morgan fingerprint density at radius 2 is 2.18 bits per heavy atom. The van der Waals surface area contributed by atoms with Crippen LogP contribution in [0.2, 0.25) is 0 Å². The minimum atomic E-state index is -4.44. The standard InChI is InChI=1S/C14H17F3N2O3/c15-14(16,17)10-2-1-3-12(4-10)22-8-11(20)7-19-13(21)9-5-18-6-9/h1-4,9,11,18,20H,5-8H2,(H,19,21). The van der Waals surface area contributed by atoms with Crippen LogP contribution in [0.4, 0.5) is 13.2 Å². The predicted octanol–water partition coefficient (Wildman–Crippen LogP) is 0.781. The first kappa shape index (κ1) is 16.6. The molecule has 1 saturated heterocycles. The van der Waals surface area contributed by atoms with Crippen LogP contribution in [0.25, 0.3) is 0 Å².